The van der Waals surface area contributed by atoms with Crippen LogP contribution in [0.3, 0.4) is 0 Å². The smallest absolute Gasteiger partial charge is 0.295 e. The van der Waals surface area contributed by atoms with Crippen LogP contribution in [0.2, 0.25) is 0 Å². The van der Waals surface area contributed by atoms with Gasteiger partial charge in [-0.15, -0.1) is 10.2 Å². The number of nitrogens with zero attached hydrogens (tertiary/aromatic N) is 4. The summed E-state index contributed by atoms with van der Waals surface area (Å²) in [5.41, 5.74) is 7.53. The number of nitrogen functional groups attached to an aromatic ring is 1. The average molecular weight is 395 g/mol. The van der Waals surface area contributed by atoms with E-state index in [4.69, 9.17) is 5.84 Å². The highest BCUT2D eigenvalue weighted by Gasteiger charge is 2.23. The summed E-state index contributed by atoms with van der Waals surface area (Å²) in [5.74, 6) is 5.38. The Labute approximate surface area is 168 Å². The number of nitrogens with two attached hydrogens (primary N) is 1. The van der Waals surface area contributed by atoms with Gasteiger partial charge in [-0.3, -0.25) is 20.4 Å². The highest BCUT2D eigenvalue weighted by atomic mass is 16.2. The lowest BCUT2D eigenvalue weighted by atomic mass is 9.93. The molecule has 0 bridgehead atoms. The van der Waals surface area contributed by atoms with Gasteiger partial charge in [0.2, 0.25) is 0 Å². The number of aromatic nitrogens is 4. The van der Waals surface area contributed by atoms with Crippen molar-refractivity contribution in [2.24, 2.45) is 0 Å². The molecule has 3 aromatic rings. The van der Waals surface area contributed by atoms with E-state index in [1.807, 2.05) is 69.5 Å². The number of benzene rings is 1. The fourth-order valence-corrected chi connectivity index (χ4v) is 3.10. The monoisotopic (exact) mass is 395 g/mol. The van der Waals surface area contributed by atoms with Gasteiger partial charge in [0, 0.05) is 22.5 Å². The molecule has 1 amide bonds. The molecule has 0 saturated heterocycles. The van der Waals surface area contributed by atoms with Crippen LogP contribution in [0, 0.1) is 13.8 Å². The van der Waals surface area contributed by atoms with E-state index in [0.29, 0.717) is 5.56 Å². The van der Waals surface area contributed by atoms with Gasteiger partial charge in [-0.1, -0.05) is 39.0 Å². The predicted molar refractivity (Wildman–Crippen MR) is 111 cm³/mol. The Kier molecular flexibility index (Phi) is 5.15. The van der Waals surface area contributed by atoms with E-state index >= 15 is 0 Å². The number of hydrogen-bond acceptors (Lipinski definition) is 6. The Bertz CT molecular complexity index is 1110. The predicted octanol–water partition coefficient (Wildman–Crippen LogP) is 1.81. The lowest BCUT2D eigenvalue weighted by molar-refractivity contribution is 0.0961. The maximum absolute atomic E-state index is 12.7. The number of para-hydroxylation sites is 1. The highest BCUT2D eigenvalue weighted by Crippen LogP contribution is 2.20. The molecule has 3 rings (SSSR count). The summed E-state index contributed by atoms with van der Waals surface area (Å²) in [6, 6.07) is 11.6. The van der Waals surface area contributed by atoms with Crippen molar-refractivity contribution in [2.75, 3.05) is 11.3 Å². The van der Waals surface area contributed by atoms with Crippen LogP contribution in [0.25, 0.3) is 5.69 Å². The Morgan fingerprint density at radius 1 is 1.10 bits per heavy atom. The van der Waals surface area contributed by atoms with E-state index in [9.17, 15) is 9.59 Å². The first-order valence-corrected chi connectivity index (χ1v) is 9.17. The molecule has 152 valence electrons. The van der Waals surface area contributed by atoms with E-state index in [1.165, 1.54) is 0 Å². The van der Waals surface area contributed by atoms with Crippen molar-refractivity contribution in [3.63, 3.8) is 0 Å². The van der Waals surface area contributed by atoms with Crippen LogP contribution in [-0.2, 0) is 5.41 Å². The van der Waals surface area contributed by atoms with Crippen molar-refractivity contribution in [3.8, 4) is 5.69 Å². The summed E-state index contributed by atoms with van der Waals surface area (Å²) in [5, 5.41) is 7.88. The van der Waals surface area contributed by atoms with Gasteiger partial charge in [0.05, 0.1) is 5.56 Å². The zero-order valence-corrected chi connectivity index (χ0v) is 17.1. The standard InChI is InChI=1S/C20H25N7O2/c1-12-11-15(13(2)26(12)14-9-7-6-8-10-14)17(28)23-25-19-24-22-16(20(3,4)5)18(29)27(19)21/h6-11H,21H2,1-5H3,(H,23,28)(H,24,25). The number of aryl methyl sites for hydroxylation is 1. The molecule has 0 aliphatic heterocycles. The lowest BCUT2D eigenvalue weighted by Crippen LogP contribution is -2.41. The van der Waals surface area contributed by atoms with Gasteiger partial charge in [-0.05, 0) is 32.0 Å². The van der Waals surface area contributed by atoms with Gasteiger partial charge in [0.25, 0.3) is 17.4 Å². The summed E-state index contributed by atoms with van der Waals surface area (Å²) >= 11 is 0. The third-order valence-corrected chi connectivity index (χ3v) is 4.58. The van der Waals surface area contributed by atoms with Gasteiger partial charge in [-0.2, -0.15) is 4.68 Å². The van der Waals surface area contributed by atoms with E-state index in [1.54, 1.807) is 6.07 Å². The molecule has 29 heavy (non-hydrogen) atoms. The molecular formula is C20H25N7O2. The first-order chi connectivity index (χ1) is 13.6. The third-order valence-electron chi connectivity index (χ3n) is 4.58. The molecule has 4 N–H and O–H groups in total. The minimum atomic E-state index is -0.498. The Morgan fingerprint density at radius 3 is 2.38 bits per heavy atom. The van der Waals surface area contributed by atoms with Crippen molar-refractivity contribution in [1.82, 2.24) is 24.9 Å². The van der Waals surface area contributed by atoms with E-state index < -0.39 is 11.0 Å². The van der Waals surface area contributed by atoms with Crippen molar-refractivity contribution < 1.29 is 4.79 Å². The first kappa shape index (κ1) is 20.1. The molecule has 0 aliphatic rings. The number of nitrogens with one attached hydrogen (secondary N) is 2. The molecule has 0 aliphatic carbocycles. The number of hydrogen-bond donors (Lipinski definition) is 3. The maximum Gasteiger partial charge on any atom is 0.295 e. The molecule has 0 fully saturated rings. The number of anilines is 1. The van der Waals surface area contributed by atoms with Crippen LogP contribution < -0.4 is 22.3 Å². The molecule has 0 radical (unpaired) electrons. The molecule has 9 nitrogen and oxygen atoms in total. The SMILES string of the molecule is Cc1cc(C(=O)NNc2nnc(C(C)(C)C)c(=O)n2N)c(C)n1-c1ccccc1. The quantitative estimate of drug-likeness (QED) is 0.458. The molecule has 2 aromatic heterocycles. The zero-order chi connectivity index (χ0) is 21.3. The van der Waals surface area contributed by atoms with Crippen molar-refractivity contribution >= 4 is 11.9 Å². The molecular weight excluding hydrogens is 370 g/mol. The van der Waals surface area contributed by atoms with Crippen LogP contribution in [0.15, 0.2) is 41.2 Å². The zero-order valence-electron chi connectivity index (χ0n) is 17.1. The molecule has 9 heteroatoms. The third kappa shape index (κ3) is 3.84. The average Bonchev–Trinajstić information content (AvgIpc) is 2.96. The van der Waals surface area contributed by atoms with Gasteiger partial charge in [0.15, 0.2) is 0 Å². The Balaban J connectivity index is 1.83. The number of carbonyl (C=O) groups is 1. The molecule has 0 atom stereocenters. The Morgan fingerprint density at radius 2 is 1.76 bits per heavy atom. The summed E-state index contributed by atoms with van der Waals surface area (Å²) < 4.78 is 2.83. The van der Waals surface area contributed by atoms with Crippen LogP contribution in [-0.4, -0.2) is 25.3 Å². The van der Waals surface area contributed by atoms with Crippen molar-refractivity contribution in [1.29, 1.82) is 0 Å². The number of hydrazine groups is 1. The normalized spacial score (nSPS) is 11.3. The van der Waals surface area contributed by atoms with E-state index in [0.717, 1.165) is 21.8 Å². The number of amides is 1. The van der Waals surface area contributed by atoms with E-state index in [-0.39, 0.29) is 17.5 Å². The molecule has 2 heterocycles. The van der Waals surface area contributed by atoms with Crippen LogP contribution >= 0.6 is 0 Å². The minimum Gasteiger partial charge on any atom is -0.333 e. The highest BCUT2D eigenvalue weighted by molar-refractivity contribution is 5.96. The largest absolute Gasteiger partial charge is 0.333 e. The van der Waals surface area contributed by atoms with Crippen LogP contribution in [0.4, 0.5) is 5.95 Å². The summed E-state index contributed by atoms with van der Waals surface area (Å²) in [4.78, 5) is 25.1. The summed E-state index contributed by atoms with van der Waals surface area (Å²) in [7, 11) is 0. The van der Waals surface area contributed by atoms with Gasteiger partial charge in [0.1, 0.15) is 5.69 Å². The van der Waals surface area contributed by atoms with Crippen molar-refractivity contribution in [3.05, 3.63) is 69.4 Å². The van der Waals surface area contributed by atoms with E-state index in [2.05, 4.69) is 21.0 Å². The minimum absolute atomic E-state index is 0.0618. The second-order valence-corrected chi connectivity index (χ2v) is 7.83. The summed E-state index contributed by atoms with van der Waals surface area (Å²) in [6.07, 6.45) is 0. The fraction of sp³-hybridized carbons (Fsp3) is 0.300. The van der Waals surface area contributed by atoms with Gasteiger partial charge in [-0.25, -0.2) is 0 Å². The van der Waals surface area contributed by atoms with Crippen LogP contribution in [0.1, 0.15) is 48.2 Å². The topological polar surface area (TPSA) is 120 Å². The number of carbonyl (C=O) groups excluding carboxylic acids is 1. The van der Waals surface area contributed by atoms with Gasteiger partial charge < -0.3 is 10.4 Å². The lowest BCUT2D eigenvalue weighted by Gasteiger charge is -2.17. The molecule has 0 unspecified atom stereocenters. The summed E-state index contributed by atoms with van der Waals surface area (Å²) in [6.45, 7) is 9.32. The van der Waals surface area contributed by atoms with Gasteiger partial charge >= 0.3 is 0 Å². The first-order valence-electron chi connectivity index (χ1n) is 9.17. The van der Waals surface area contributed by atoms with Crippen LogP contribution in [0.5, 0.6) is 0 Å². The second-order valence-electron chi connectivity index (χ2n) is 7.83. The molecule has 1 aromatic carbocycles. The maximum atomic E-state index is 12.7. The molecule has 0 saturated carbocycles. The number of rotatable bonds is 4. The van der Waals surface area contributed by atoms with Crippen molar-refractivity contribution in [2.45, 2.75) is 40.0 Å². The molecule has 0 spiro atoms. The Hall–Kier alpha value is -3.62. The fourth-order valence-electron chi connectivity index (χ4n) is 3.10. The second kappa shape index (κ2) is 7.42.